The van der Waals surface area contributed by atoms with Gasteiger partial charge in [-0.25, -0.2) is 0 Å². The second-order valence-electron chi connectivity index (χ2n) is 12.9. The summed E-state index contributed by atoms with van der Waals surface area (Å²) in [4.78, 5) is 2.34. The Morgan fingerprint density at radius 2 is 0.804 bits per heavy atom. The van der Waals surface area contributed by atoms with Crippen molar-refractivity contribution in [2.75, 3.05) is 4.90 Å². The Bertz CT molecular complexity index is 2830. The maximum atomic E-state index is 6.68. The number of hydrogen-bond acceptors (Lipinski definition) is 3. The first kappa shape index (κ1) is 29.1. The molecule has 51 heavy (non-hydrogen) atoms. The van der Waals surface area contributed by atoms with Crippen LogP contribution in [0.3, 0.4) is 0 Å². The van der Waals surface area contributed by atoms with Crippen molar-refractivity contribution in [1.29, 1.82) is 0 Å². The van der Waals surface area contributed by atoms with Crippen molar-refractivity contribution in [3.05, 3.63) is 188 Å². The Balaban J connectivity index is 1.17. The van der Waals surface area contributed by atoms with Crippen LogP contribution in [0.25, 0.3) is 77.3 Å². The van der Waals surface area contributed by atoms with Crippen molar-refractivity contribution in [2.24, 2.45) is 0 Å². The van der Waals surface area contributed by atoms with E-state index in [-0.39, 0.29) is 0 Å². The van der Waals surface area contributed by atoms with Gasteiger partial charge in [0.05, 0.1) is 5.69 Å². The van der Waals surface area contributed by atoms with E-state index >= 15 is 0 Å². The smallest absolute Gasteiger partial charge is 0.145 e. The van der Waals surface area contributed by atoms with Gasteiger partial charge in [0.2, 0.25) is 0 Å². The van der Waals surface area contributed by atoms with Crippen LogP contribution < -0.4 is 4.90 Å². The van der Waals surface area contributed by atoms with Crippen LogP contribution in [-0.2, 0) is 0 Å². The molecular weight excluding hydrogens is 623 g/mol. The van der Waals surface area contributed by atoms with Crippen LogP contribution in [0.1, 0.15) is 0 Å². The van der Waals surface area contributed by atoms with Crippen molar-refractivity contribution in [3.8, 4) is 33.4 Å². The minimum Gasteiger partial charge on any atom is -0.455 e. The van der Waals surface area contributed by atoms with Gasteiger partial charge in [-0.05, 0) is 70.8 Å². The average Bonchev–Trinajstić information content (AvgIpc) is 3.78. The first-order valence-electron chi connectivity index (χ1n) is 17.3. The van der Waals surface area contributed by atoms with Gasteiger partial charge in [-0.2, -0.15) is 0 Å². The second kappa shape index (κ2) is 11.9. The molecule has 0 fully saturated rings. The first-order chi connectivity index (χ1) is 25.3. The third-order valence-corrected chi connectivity index (χ3v) is 9.90. The molecule has 0 aliphatic rings. The lowest BCUT2D eigenvalue weighted by molar-refractivity contribution is 0.669. The molecule has 10 aromatic rings. The molecule has 10 rings (SSSR count). The molecule has 0 atom stereocenters. The molecule has 0 aliphatic heterocycles. The normalized spacial score (nSPS) is 11.5. The van der Waals surface area contributed by atoms with Gasteiger partial charge in [0.25, 0.3) is 0 Å². The molecule has 0 N–H and O–H groups in total. The number of para-hydroxylation sites is 3. The van der Waals surface area contributed by atoms with Crippen LogP contribution >= 0.6 is 0 Å². The van der Waals surface area contributed by atoms with Crippen LogP contribution in [0.5, 0.6) is 0 Å². The lowest BCUT2D eigenvalue weighted by Gasteiger charge is -2.28. The summed E-state index contributed by atoms with van der Waals surface area (Å²) in [7, 11) is 0. The number of fused-ring (bicyclic) bond motifs is 6. The molecular formula is C48H31NO2. The average molecular weight is 654 g/mol. The first-order valence-corrected chi connectivity index (χ1v) is 17.3. The van der Waals surface area contributed by atoms with Gasteiger partial charge < -0.3 is 13.7 Å². The zero-order valence-electron chi connectivity index (χ0n) is 27.7. The molecule has 2 heterocycles. The van der Waals surface area contributed by atoms with E-state index in [0.717, 1.165) is 83.2 Å². The van der Waals surface area contributed by atoms with Gasteiger partial charge >= 0.3 is 0 Å². The summed E-state index contributed by atoms with van der Waals surface area (Å²) < 4.78 is 13.1. The summed E-state index contributed by atoms with van der Waals surface area (Å²) in [6, 6.07) is 66.1. The third-order valence-electron chi connectivity index (χ3n) is 9.90. The Labute approximate surface area is 295 Å². The van der Waals surface area contributed by atoms with E-state index < -0.39 is 0 Å². The molecule has 0 saturated heterocycles. The van der Waals surface area contributed by atoms with Crippen LogP contribution in [0.2, 0.25) is 0 Å². The van der Waals surface area contributed by atoms with E-state index in [2.05, 4.69) is 169 Å². The quantitative estimate of drug-likeness (QED) is 0.179. The lowest BCUT2D eigenvalue weighted by Crippen LogP contribution is -2.11. The van der Waals surface area contributed by atoms with Gasteiger partial charge in [-0.1, -0.05) is 140 Å². The van der Waals surface area contributed by atoms with Crippen molar-refractivity contribution in [2.45, 2.75) is 0 Å². The monoisotopic (exact) mass is 653 g/mol. The molecule has 0 spiro atoms. The van der Waals surface area contributed by atoms with Crippen molar-refractivity contribution in [3.63, 3.8) is 0 Å². The van der Waals surface area contributed by atoms with Gasteiger partial charge in [0.1, 0.15) is 22.3 Å². The summed E-state index contributed by atoms with van der Waals surface area (Å²) in [5, 5.41) is 4.46. The van der Waals surface area contributed by atoms with Gasteiger partial charge in [-0.15, -0.1) is 0 Å². The largest absolute Gasteiger partial charge is 0.455 e. The van der Waals surface area contributed by atoms with E-state index in [1.54, 1.807) is 0 Å². The minimum absolute atomic E-state index is 0.874. The number of nitrogens with zero attached hydrogens (tertiary/aromatic N) is 1. The molecule has 0 bridgehead atoms. The molecule has 0 saturated carbocycles. The lowest BCUT2D eigenvalue weighted by atomic mass is 9.97. The van der Waals surface area contributed by atoms with Gasteiger partial charge in [0, 0.05) is 44.0 Å². The van der Waals surface area contributed by atoms with E-state index in [0.29, 0.717) is 0 Å². The maximum Gasteiger partial charge on any atom is 0.145 e. The minimum atomic E-state index is 0.874. The Morgan fingerprint density at radius 3 is 1.45 bits per heavy atom. The Hall–Kier alpha value is -6.84. The highest BCUT2D eigenvalue weighted by atomic mass is 16.3. The molecule has 3 heteroatoms. The number of rotatable bonds is 6. The highest BCUT2D eigenvalue weighted by Gasteiger charge is 2.23. The van der Waals surface area contributed by atoms with Gasteiger partial charge in [0.15, 0.2) is 0 Å². The number of furan rings is 2. The van der Waals surface area contributed by atoms with Gasteiger partial charge in [-0.3, -0.25) is 0 Å². The zero-order valence-corrected chi connectivity index (χ0v) is 27.7. The van der Waals surface area contributed by atoms with E-state index in [4.69, 9.17) is 8.83 Å². The van der Waals surface area contributed by atoms with Crippen LogP contribution in [0.4, 0.5) is 17.1 Å². The molecule has 8 aromatic carbocycles. The van der Waals surface area contributed by atoms with Crippen molar-refractivity contribution < 1.29 is 8.83 Å². The molecule has 0 amide bonds. The topological polar surface area (TPSA) is 29.5 Å². The Kier molecular flexibility index (Phi) is 6.81. The summed E-state index contributed by atoms with van der Waals surface area (Å²) in [5.74, 6) is 0. The van der Waals surface area contributed by atoms with Crippen LogP contribution in [0.15, 0.2) is 197 Å². The standard InChI is InChI=1S/C48H31NO2/c1-3-12-32(13-4-1)33-22-26-36(27-23-33)49(37-28-24-34(25-29-37)38-18-11-19-41-39-16-7-9-20-44(39)50-47(38)41)43-31-30-42-40-17-8-10-21-45(40)51-48(42)46(43)35-14-5-2-6-15-35/h1-31H. The van der Waals surface area contributed by atoms with E-state index in [9.17, 15) is 0 Å². The zero-order chi connectivity index (χ0) is 33.7. The summed E-state index contributed by atoms with van der Waals surface area (Å²) >= 11 is 0. The highest BCUT2D eigenvalue weighted by molar-refractivity contribution is 6.13. The fourth-order valence-corrected chi connectivity index (χ4v) is 7.47. The fraction of sp³-hybridized carbons (Fsp3) is 0. The summed E-state index contributed by atoms with van der Waals surface area (Å²) in [6.45, 7) is 0. The highest BCUT2D eigenvalue weighted by Crippen LogP contribution is 2.47. The molecule has 0 aliphatic carbocycles. The number of hydrogen-bond donors (Lipinski definition) is 0. The molecule has 0 unspecified atom stereocenters. The predicted molar refractivity (Wildman–Crippen MR) is 212 cm³/mol. The van der Waals surface area contributed by atoms with Crippen LogP contribution in [-0.4, -0.2) is 0 Å². The molecule has 2 aromatic heterocycles. The third kappa shape index (κ3) is 4.90. The molecule has 3 nitrogen and oxygen atoms in total. The number of benzene rings is 8. The summed E-state index contributed by atoms with van der Waals surface area (Å²) in [6.07, 6.45) is 0. The van der Waals surface area contributed by atoms with Crippen molar-refractivity contribution in [1.82, 2.24) is 0 Å². The Morgan fingerprint density at radius 1 is 0.314 bits per heavy atom. The van der Waals surface area contributed by atoms with Crippen molar-refractivity contribution >= 4 is 60.9 Å². The number of anilines is 3. The van der Waals surface area contributed by atoms with Crippen LogP contribution in [0, 0.1) is 0 Å². The molecule has 240 valence electrons. The van der Waals surface area contributed by atoms with E-state index in [1.165, 1.54) is 11.1 Å². The SMILES string of the molecule is c1ccc(-c2ccc(N(c3ccc(-c4cccc5c4oc4ccccc45)cc3)c3ccc4c(oc5ccccc54)c3-c3ccccc3)cc2)cc1. The molecule has 0 radical (unpaired) electrons. The maximum absolute atomic E-state index is 6.68. The summed E-state index contributed by atoms with van der Waals surface area (Å²) in [5.41, 5.74) is 13.3. The van der Waals surface area contributed by atoms with E-state index in [1.807, 2.05) is 24.3 Å². The second-order valence-corrected chi connectivity index (χ2v) is 12.9. The fourth-order valence-electron chi connectivity index (χ4n) is 7.47. The predicted octanol–water partition coefficient (Wildman–Crippen LogP) is 14.0.